The van der Waals surface area contributed by atoms with Gasteiger partial charge in [-0.3, -0.25) is 14.4 Å². The summed E-state index contributed by atoms with van der Waals surface area (Å²) < 4.78 is 16.7. The van der Waals surface area contributed by atoms with Gasteiger partial charge in [-0.25, -0.2) is 0 Å². The number of ketones is 2. The maximum atomic E-state index is 14.1. The molecular weight excluding hydrogens is 572 g/mol. The van der Waals surface area contributed by atoms with Crippen molar-refractivity contribution in [3.8, 4) is 17.2 Å². The molecule has 0 amide bonds. The van der Waals surface area contributed by atoms with Crippen LogP contribution >= 0.6 is 0 Å². The molecular formula is C33H32O11. The van der Waals surface area contributed by atoms with E-state index >= 15 is 0 Å². The Morgan fingerprint density at radius 3 is 2.36 bits per heavy atom. The van der Waals surface area contributed by atoms with Crippen molar-refractivity contribution in [3.63, 3.8) is 0 Å². The van der Waals surface area contributed by atoms with Crippen molar-refractivity contribution in [1.29, 1.82) is 0 Å². The number of hydrogen-bond acceptors (Lipinski definition) is 11. The molecule has 5 atom stereocenters. The highest BCUT2D eigenvalue weighted by Crippen LogP contribution is 2.43. The molecule has 1 heterocycles. The van der Waals surface area contributed by atoms with Gasteiger partial charge in [-0.15, -0.1) is 0 Å². The summed E-state index contributed by atoms with van der Waals surface area (Å²) in [7, 11) is 0. The lowest BCUT2D eigenvalue weighted by Gasteiger charge is -2.39. The smallest absolute Gasteiger partial charge is 0.308 e. The van der Waals surface area contributed by atoms with Gasteiger partial charge in [0.2, 0.25) is 6.29 Å². The van der Waals surface area contributed by atoms with Crippen molar-refractivity contribution in [2.45, 2.75) is 57.9 Å². The minimum Gasteiger partial charge on any atom is -0.507 e. The lowest BCUT2D eigenvalue weighted by atomic mass is 9.80. The quantitative estimate of drug-likeness (QED) is 0.119. The second kappa shape index (κ2) is 12.3. The topological polar surface area (TPSA) is 180 Å². The third-order valence-electron chi connectivity index (χ3n) is 7.75. The fraction of sp³-hybridized carbons (Fsp3) is 0.303. The van der Waals surface area contributed by atoms with E-state index in [4.69, 9.17) is 14.2 Å². The molecule has 5 N–H and O–H groups in total. The van der Waals surface area contributed by atoms with Crippen LogP contribution in [-0.2, 0) is 16.0 Å². The number of carbonyl (C=O) groups is 3. The SMILES string of the molecule is CC(=O)Oc1ccc2c(c1/C=C\c1cccc(CCO)c1)C(=O)c1cc(O[C@H]3O[C@@H](C)[C@@H](O)[C@@H](O)[C@H]3O)c(C)c(O)c1C2=O. The number of phenols is 1. The molecule has 1 saturated heterocycles. The maximum absolute atomic E-state index is 14.1. The number of esters is 1. The molecule has 0 radical (unpaired) electrons. The summed E-state index contributed by atoms with van der Waals surface area (Å²) in [5, 5.41) is 51.0. The number of carbonyl (C=O) groups excluding carboxylic acids is 3. The van der Waals surface area contributed by atoms with Crippen molar-refractivity contribution >= 4 is 29.7 Å². The normalized spacial score (nSPS) is 22.9. The molecule has 0 bridgehead atoms. The Morgan fingerprint density at radius 2 is 1.66 bits per heavy atom. The van der Waals surface area contributed by atoms with Gasteiger partial charge in [0.1, 0.15) is 35.6 Å². The minimum atomic E-state index is -1.66. The Kier molecular flexibility index (Phi) is 8.69. The molecule has 3 aromatic carbocycles. The van der Waals surface area contributed by atoms with Crippen molar-refractivity contribution in [2.24, 2.45) is 0 Å². The van der Waals surface area contributed by atoms with E-state index < -0.39 is 54.0 Å². The molecule has 11 heteroatoms. The predicted molar refractivity (Wildman–Crippen MR) is 157 cm³/mol. The van der Waals surface area contributed by atoms with E-state index in [0.29, 0.717) is 6.42 Å². The van der Waals surface area contributed by atoms with E-state index in [1.807, 2.05) is 24.3 Å². The zero-order valence-electron chi connectivity index (χ0n) is 24.2. The largest absolute Gasteiger partial charge is 0.507 e. The van der Waals surface area contributed by atoms with Gasteiger partial charge in [-0.2, -0.15) is 0 Å². The van der Waals surface area contributed by atoms with Crippen LogP contribution in [0.25, 0.3) is 12.2 Å². The molecule has 1 aliphatic carbocycles. The number of aliphatic hydroxyl groups is 4. The fourth-order valence-corrected chi connectivity index (χ4v) is 5.38. The van der Waals surface area contributed by atoms with Gasteiger partial charge in [0.05, 0.1) is 11.7 Å². The number of benzene rings is 3. The zero-order valence-corrected chi connectivity index (χ0v) is 24.2. The van der Waals surface area contributed by atoms with Crippen molar-refractivity contribution < 1.29 is 54.1 Å². The van der Waals surface area contributed by atoms with Gasteiger partial charge in [0.15, 0.2) is 11.6 Å². The van der Waals surface area contributed by atoms with Crippen LogP contribution in [0.5, 0.6) is 17.2 Å². The number of phenolic OH excluding ortho intramolecular Hbond substituents is 1. The number of aliphatic hydroxyl groups excluding tert-OH is 4. The highest BCUT2D eigenvalue weighted by Gasteiger charge is 2.44. The van der Waals surface area contributed by atoms with E-state index in [1.54, 1.807) is 12.2 Å². The fourth-order valence-electron chi connectivity index (χ4n) is 5.38. The first-order valence-electron chi connectivity index (χ1n) is 14.0. The van der Waals surface area contributed by atoms with Gasteiger partial charge in [0.25, 0.3) is 0 Å². The summed E-state index contributed by atoms with van der Waals surface area (Å²) in [5.41, 5.74) is 1.35. The van der Waals surface area contributed by atoms with Gasteiger partial charge in [-0.1, -0.05) is 30.3 Å². The van der Waals surface area contributed by atoms with Crippen LogP contribution in [0.1, 0.15) is 67.9 Å². The van der Waals surface area contributed by atoms with E-state index in [9.17, 15) is 39.9 Å². The third kappa shape index (κ3) is 5.63. The molecule has 0 saturated carbocycles. The Balaban J connectivity index is 1.60. The second-order valence-electron chi connectivity index (χ2n) is 10.8. The Bertz CT molecular complexity index is 1670. The predicted octanol–water partition coefficient (Wildman–Crippen LogP) is 2.31. The summed E-state index contributed by atoms with van der Waals surface area (Å²) in [6, 6.07) is 11.3. The van der Waals surface area contributed by atoms with Crippen LogP contribution in [0.3, 0.4) is 0 Å². The van der Waals surface area contributed by atoms with E-state index in [1.165, 1.54) is 39.0 Å². The maximum Gasteiger partial charge on any atom is 0.308 e. The minimum absolute atomic E-state index is 0.00702. The van der Waals surface area contributed by atoms with Crippen LogP contribution < -0.4 is 9.47 Å². The molecule has 0 unspecified atom stereocenters. The monoisotopic (exact) mass is 604 g/mol. The van der Waals surface area contributed by atoms with Crippen LogP contribution in [0.15, 0.2) is 42.5 Å². The van der Waals surface area contributed by atoms with Crippen LogP contribution in [0.2, 0.25) is 0 Å². The zero-order chi connectivity index (χ0) is 31.9. The molecule has 0 spiro atoms. The number of rotatable bonds is 7. The summed E-state index contributed by atoms with van der Waals surface area (Å²) in [6.07, 6.45) is -3.29. The Morgan fingerprint density at radius 1 is 0.932 bits per heavy atom. The summed E-state index contributed by atoms with van der Waals surface area (Å²) in [6.45, 7) is 4.10. The third-order valence-corrected chi connectivity index (χ3v) is 7.75. The van der Waals surface area contributed by atoms with E-state index in [-0.39, 0.29) is 51.5 Å². The first-order chi connectivity index (χ1) is 20.9. The summed E-state index contributed by atoms with van der Waals surface area (Å²) >= 11 is 0. The molecule has 3 aromatic rings. The molecule has 0 aromatic heterocycles. The van der Waals surface area contributed by atoms with Crippen LogP contribution in [0.4, 0.5) is 0 Å². The van der Waals surface area contributed by atoms with E-state index in [0.717, 1.165) is 11.1 Å². The number of hydrogen-bond donors (Lipinski definition) is 5. The highest BCUT2D eigenvalue weighted by atomic mass is 16.7. The highest BCUT2D eigenvalue weighted by molar-refractivity contribution is 6.31. The van der Waals surface area contributed by atoms with Crippen molar-refractivity contribution in [2.75, 3.05) is 6.61 Å². The Labute approximate surface area is 252 Å². The molecule has 1 fully saturated rings. The molecule has 44 heavy (non-hydrogen) atoms. The Hall–Kier alpha value is -4.39. The van der Waals surface area contributed by atoms with Gasteiger partial charge >= 0.3 is 5.97 Å². The van der Waals surface area contributed by atoms with Crippen LogP contribution in [-0.4, -0.2) is 80.4 Å². The lowest BCUT2D eigenvalue weighted by molar-refractivity contribution is -0.268. The lowest BCUT2D eigenvalue weighted by Crippen LogP contribution is -2.58. The number of aromatic hydroxyl groups is 1. The molecule has 2 aliphatic rings. The average Bonchev–Trinajstić information content (AvgIpc) is 2.99. The van der Waals surface area contributed by atoms with Gasteiger partial charge < -0.3 is 39.7 Å². The van der Waals surface area contributed by atoms with E-state index in [2.05, 4.69) is 0 Å². The average molecular weight is 605 g/mol. The van der Waals surface area contributed by atoms with Gasteiger partial charge in [-0.05, 0) is 55.7 Å². The standard InChI is InChI=1S/C33H32O11/c1-15-24(44-33-32(41)31(40)28(37)16(2)42-33)14-22-26(27(15)36)29(38)21-9-10-23(43-17(3)35)20(25(21)30(22)39)8-7-18-5-4-6-19(13-18)11-12-34/h4-10,13-14,16,28,31-34,36-37,40-41H,11-12H2,1-3H3/b8-7-/t16-,28+,31+,32+,33+/m0/s1. The number of fused-ring (bicyclic) bond motifs is 2. The summed E-state index contributed by atoms with van der Waals surface area (Å²) in [5.74, 6) is -2.52. The van der Waals surface area contributed by atoms with Crippen molar-refractivity contribution in [3.05, 3.63) is 87.0 Å². The van der Waals surface area contributed by atoms with Gasteiger partial charge in [0, 0.05) is 41.3 Å². The molecule has 11 nitrogen and oxygen atoms in total. The van der Waals surface area contributed by atoms with Crippen LogP contribution in [0, 0.1) is 6.92 Å². The molecule has 230 valence electrons. The summed E-state index contributed by atoms with van der Waals surface area (Å²) in [4.78, 5) is 39.8. The molecule has 5 rings (SSSR count). The first kappa shape index (κ1) is 31.0. The first-order valence-corrected chi connectivity index (χ1v) is 14.0. The second-order valence-corrected chi connectivity index (χ2v) is 10.8. The molecule has 1 aliphatic heterocycles. The number of ether oxygens (including phenoxy) is 3. The van der Waals surface area contributed by atoms with Crippen molar-refractivity contribution in [1.82, 2.24) is 0 Å².